The molecule has 0 aliphatic heterocycles. The van der Waals surface area contributed by atoms with Gasteiger partial charge in [-0.15, -0.1) is 0 Å². The molecule has 0 aliphatic rings. The number of H-pyrrole nitrogens is 1. The number of imidazole rings is 1. The minimum Gasteiger partial charge on any atom is -0.341 e. The Morgan fingerprint density at radius 1 is 1.35 bits per heavy atom. The van der Waals surface area contributed by atoms with Gasteiger partial charge in [-0.2, -0.15) is 0 Å². The van der Waals surface area contributed by atoms with Gasteiger partial charge in [0.15, 0.2) is 5.13 Å². The van der Waals surface area contributed by atoms with Crippen molar-refractivity contribution in [2.75, 3.05) is 5.32 Å². The third-order valence-corrected chi connectivity index (χ3v) is 3.21. The van der Waals surface area contributed by atoms with E-state index in [-0.39, 0.29) is 5.91 Å². The lowest BCUT2D eigenvalue weighted by Crippen LogP contribution is -2.11. The summed E-state index contributed by atoms with van der Waals surface area (Å²) in [7, 11) is 0. The van der Waals surface area contributed by atoms with Gasteiger partial charge < -0.3 is 4.98 Å². The van der Waals surface area contributed by atoms with E-state index >= 15 is 0 Å². The molecule has 0 spiro atoms. The maximum Gasteiger partial charge on any atom is 0.275 e. The smallest absolute Gasteiger partial charge is 0.275 e. The number of thiazole rings is 1. The first-order valence-electron chi connectivity index (χ1n) is 4.98. The van der Waals surface area contributed by atoms with Gasteiger partial charge in [0.05, 0.1) is 22.7 Å². The Morgan fingerprint density at radius 3 is 3.00 bits per heavy atom. The van der Waals surface area contributed by atoms with Crippen LogP contribution in [0.1, 0.15) is 10.5 Å². The number of nitrogens with zero attached hydrogens (tertiary/aromatic N) is 2. The Labute approximate surface area is 101 Å². The number of aromatic nitrogens is 3. The number of hydrogen-bond acceptors (Lipinski definition) is 4. The lowest BCUT2D eigenvalue weighted by molar-refractivity contribution is 0.102. The molecule has 0 fully saturated rings. The van der Waals surface area contributed by atoms with Crippen LogP contribution in [0.3, 0.4) is 0 Å². The topological polar surface area (TPSA) is 70.7 Å². The molecule has 0 radical (unpaired) electrons. The zero-order chi connectivity index (χ0) is 11.7. The quantitative estimate of drug-likeness (QED) is 0.726. The molecule has 84 valence electrons. The minimum absolute atomic E-state index is 0.235. The molecule has 0 bridgehead atoms. The van der Waals surface area contributed by atoms with Crippen LogP contribution in [0.4, 0.5) is 5.13 Å². The second kappa shape index (κ2) is 3.99. The van der Waals surface area contributed by atoms with Crippen molar-refractivity contribution in [2.24, 2.45) is 0 Å². The molecule has 17 heavy (non-hydrogen) atoms. The third-order valence-electron chi connectivity index (χ3n) is 2.26. The van der Waals surface area contributed by atoms with Gasteiger partial charge >= 0.3 is 0 Å². The summed E-state index contributed by atoms with van der Waals surface area (Å²) in [6.45, 7) is 0. The Morgan fingerprint density at radius 2 is 2.24 bits per heavy atom. The highest BCUT2D eigenvalue weighted by molar-refractivity contribution is 7.22. The van der Waals surface area contributed by atoms with Gasteiger partial charge in [0.25, 0.3) is 5.91 Å². The van der Waals surface area contributed by atoms with E-state index < -0.39 is 0 Å². The number of nitrogens with one attached hydrogen (secondary N) is 2. The van der Waals surface area contributed by atoms with Crippen LogP contribution in [-0.4, -0.2) is 20.9 Å². The molecule has 0 atom stereocenters. The van der Waals surface area contributed by atoms with Crippen molar-refractivity contribution in [2.45, 2.75) is 0 Å². The van der Waals surface area contributed by atoms with Gasteiger partial charge in [-0.05, 0) is 12.1 Å². The Balaban J connectivity index is 1.88. The fraction of sp³-hybridized carbons (Fsp3) is 0. The van der Waals surface area contributed by atoms with Gasteiger partial charge in [-0.3, -0.25) is 10.1 Å². The third kappa shape index (κ3) is 1.90. The van der Waals surface area contributed by atoms with Gasteiger partial charge in [0.1, 0.15) is 5.69 Å². The second-order valence-corrected chi connectivity index (χ2v) is 4.44. The summed E-state index contributed by atoms with van der Waals surface area (Å²) in [6.07, 6.45) is 2.94. The fourth-order valence-electron chi connectivity index (χ4n) is 1.47. The van der Waals surface area contributed by atoms with Crippen molar-refractivity contribution in [1.29, 1.82) is 0 Å². The molecule has 5 nitrogen and oxygen atoms in total. The summed E-state index contributed by atoms with van der Waals surface area (Å²) in [5.74, 6) is -0.235. The molecular weight excluding hydrogens is 236 g/mol. The lowest BCUT2D eigenvalue weighted by atomic mass is 10.3. The molecule has 3 rings (SSSR count). The predicted octanol–water partition coefficient (Wildman–Crippen LogP) is 2.27. The summed E-state index contributed by atoms with van der Waals surface area (Å²) >= 11 is 1.45. The number of carbonyl (C=O) groups is 1. The zero-order valence-corrected chi connectivity index (χ0v) is 9.49. The predicted molar refractivity (Wildman–Crippen MR) is 66.2 cm³/mol. The molecular formula is C11H8N4OS. The molecule has 1 aromatic carbocycles. The van der Waals surface area contributed by atoms with Crippen LogP contribution >= 0.6 is 11.3 Å². The van der Waals surface area contributed by atoms with Crippen LogP contribution in [-0.2, 0) is 0 Å². The molecule has 2 heterocycles. The Hall–Kier alpha value is -2.21. The van der Waals surface area contributed by atoms with Gasteiger partial charge in [-0.25, -0.2) is 9.97 Å². The average Bonchev–Trinajstić information content (AvgIpc) is 2.97. The number of rotatable bonds is 2. The Kier molecular flexibility index (Phi) is 2.34. The normalized spacial score (nSPS) is 10.6. The summed E-state index contributed by atoms with van der Waals surface area (Å²) < 4.78 is 1.05. The van der Waals surface area contributed by atoms with Gasteiger partial charge in [-0.1, -0.05) is 23.5 Å². The maximum absolute atomic E-state index is 11.7. The molecule has 0 saturated carbocycles. The first kappa shape index (κ1) is 9.98. The number of aromatic amines is 1. The van der Waals surface area contributed by atoms with E-state index in [1.165, 1.54) is 23.9 Å². The van der Waals surface area contributed by atoms with E-state index in [0.29, 0.717) is 10.8 Å². The van der Waals surface area contributed by atoms with Crippen molar-refractivity contribution in [3.05, 3.63) is 42.5 Å². The van der Waals surface area contributed by atoms with E-state index in [1.807, 2.05) is 24.3 Å². The minimum atomic E-state index is -0.235. The van der Waals surface area contributed by atoms with E-state index in [4.69, 9.17) is 0 Å². The van der Waals surface area contributed by atoms with Crippen molar-refractivity contribution in [3.63, 3.8) is 0 Å². The molecule has 2 N–H and O–H groups in total. The highest BCUT2D eigenvalue weighted by Gasteiger charge is 2.10. The highest BCUT2D eigenvalue weighted by Crippen LogP contribution is 2.25. The van der Waals surface area contributed by atoms with Crippen LogP contribution in [0.25, 0.3) is 10.2 Å². The van der Waals surface area contributed by atoms with Crippen molar-refractivity contribution in [3.8, 4) is 0 Å². The summed E-state index contributed by atoms with van der Waals surface area (Å²) in [5, 5.41) is 3.32. The van der Waals surface area contributed by atoms with Crippen LogP contribution in [0.2, 0.25) is 0 Å². The molecule has 1 amide bonds. The van der Waals surface area contributed by atoms with Crippen molar-refractivity contribution >= 4 is 32.6 Å². The number of carbonyl (C=O) groups excluding carboxylic acids is 1. The van der Waals surface area contributed by atoms with E-state index in [9.17, 15) is 4.79 Å². The summed E-state index contributed by atoms with van der Waals surface area (Å²) in [6, 6.07) is 7.75. The first-order valence-corrected chi connectivity index (χ1v) is 5.80. The van der Waals surface area contributed by atoms with E-state index in [1.54, 1.807) is 0 Å². The van der Waals surface area contributed by atoms with Crippen LogP contribution in [0.5, 0.6) is 0 Å². The number of fused-ring (bicyclic) bond motifs is 1. The van der Waals surface area contributed by atoms with Gasteiger partial charge in [0, 0.05) is 0 Å². The molecule has 0 unspecified atom stereocenters. The standard InChI is InChI=1S/C11H8N4OS/c16-10(8-5-12-6-13-8)15-11-14-7-3-1-2-4-9(7)17-11/h1-6H,(H,12,13)(H,14,15,16). The van der Waals surface area contributed by atoms with E-state index in [2.05, 4.69) is 20.3 Å². The number of benzene rings is 1. The number of anilines is 1. The van der Waals surface area contributed by atoms with E-state index in [0.717, 1.165) is 10.2 Å². The van der Waals surface area contributed by atoms with Crippen LogP contribution in [0, 0.1) is 0 Å². The van der Waals surface area contributed by atoms with Crippen LogP contribution in [0.15, 0.2) is 36.8 Å². The molecule has 0 aliphatic carbocycles. The lowest BCUT2D eigenvalue weighted by Gasteiger charge is -1.96. The molecule has 0 saturated heterocycles. The molecule has 2 aromatic heterocycles. The maximum atomic E-state index is 11.7. The monoisotopic (exact) mass is 244 g/mol. The largest absolute Gasteiger partial charge is 0.341 e. The number of hydrogen-bond donors (Lipinski definition) is 2. The SMILES string of the molecule is O=C(Nc1nc2ccccc2s1)c1cnc[nH]1. The number of para-hydroxylation sites is 1. The molecule has 6 heteroatoms. The summed E-state index contributed by atoms with van der Waals surface area (Å²) in [5.41, 5.74) is 1.31. The molecule has 3 aromatic rings. The van der Waals surface area contributed by atoms with Crippen molar-refractivity contribution in [1.82, 2.24) is 15.0 Å². The van der Waals surface area contributed by atoms with Crippen molar-refractivity contribution < 1.29 is 4.79 Å². The number of amides is 1. The average molecular weight is 244 g/mol. The summed E-state index contributed by atoms with van der Waals surface area (Å²) in [4.78, 5) is 22.6. The van der Waals surface area contributed by atoms with Crippen LogP contribution < -0.4 is 5.32 Å². The Bertz CT molecular complexity index is 626. The highest BCUT2D eigenvalue weighted by atomic mass is 32.1. The fourth-order valence-corrected chi connectivity index (χ4v) is 2.33. The second-order valence-electron chi connectivity index (χ2n) is 3.41. The first-order chi connectivity index (χ1) is 8.33. The zero-order valence-electron chi connectivity index (χ0n) is 8.68. The van der Waals surface area contributed by atoms with Gasteiger partial charge in [0.2, 0.25) is 0 Å².